The molecule has 0 spiro atoms. The lowest BCUT2D eigenvalue weighted by atomic mass is 10.1. The monoisotopic (exact) mass is 208 g/mol. The minimum Gasteiger partial charge on any atom is -0.321 e. The van der Waals surface area contributed by atoms with Gasteiger partial charge in [0.1, 0.15) is 5.82 Å². The topological polar surface area (TPSA) is 67.6 Å². The molecule has 0 radical (unpaired) electrons. The Morgan fingerprint density at radius 2 is 2.20 bits per heavy atom. The molecule has 84 valence electrons. The first-order valence-corrected chi connectivity index (χ1v) is 5.99. The number of nitrogens with two attached hydrogens (primary N) is 1. The summed E-state index contributed by atoms with van der Waals surface area (Å²) in [4.78, 5) is 4.52. The van der Waals surface area contributed by atoms with Crippen molar-refractivity contribution in [3.05, 3.63) is 11.6 Å². The summed E-state index contributed by atoms with van der Waals surface area (Å²) >= 11 is 0. The van der Waals surface area contributed by atoms with Crippen LogP contribution in [0, 0.1) is 0 Å². The molecule has 1 aromatic heterocycles. The van der Waals surface area contributed by atoms with E-state index < -0.39 is 0 Å². The van der Waals surface area contributed by atoms with Crippen LogP contribution in [0.2, 0.25) is 0 Å². The second kappa shape index (κ2) is 4.75. The molecule has 2 rings (SSSR count). The van der Waals surface area contributed by atoms with Gasteiger partial charge in [0.15, 0.2) is 5.82 Å². The molecule has 1 atom stereocenters. The number of hydrogen-bond donors (Lipinski definition) is 2. The third-order valence-corrected chi connectivity index (χ3v) is 3.19. The van der Waals surface area contributed by atoms with Crippen LogP contribution in [-0.2, 0) is 0 Å². The highest BCUT2D eigenvalue weighted by Gasteiger charge is 2.21. The Bertz CT molecular complexity index is 301. The molecule has 3 N–H and O–H groups in total. The predicted molar refractivity (Wildman–Crippen MR) is 59.4 cm³/mol. The van der Waals surface area contributed by atoms with Crippen LogP contribution in [0.5, 0.6) is 0 Å². The number of hydrogen-bond acceptors (Lipinski definition) is 3. The Hall–Kier alpha value is -0.900. The van der Waals surface area contributed by atoms with Gasteiger partial charge in [-0.3, -0.25) is 5.10 Å². The van der Waals surface area contributed by atoms with Crippen molar-refractivity contribution in [2.45, 2.75) is 57.4 Å². The van der Waals surface area contributed by atoms with Gasteiger partial charge in [0.05, 0.1) is 6.04 Å². The Labute approximate surface area is 90.7 Å². The van der Waals surface area contributed by atoms with E-state index in [0.29, 0.717) is 5.92 Å². The molecule has 0 unspecified atom stereocenters. The second-order valence-corrected chi connectivity index (χ2v) is 4.46. The van der Waals surface area contributed by atoms with Gasteiger partial charge < -0.3 is 5.73 Å². The molecule has 0 aliphatic heterocycles. The van der Waals surface area contributed by atoms with Crippen LogP contribution >= 0.6 is 0 Å². The van der Waals surface area contributed by atoms with Crippen molar-refractivity contribution < 1.29 is 0 Å². The zero-order valence-corrected chi connectivity index (χ0v) is 9.37. The van der Waals surface area contributed by atoms with Gasteiger partial charge in [-0.1, -0.05) is 26.2 Å². The van der Waals surface area contributed by atoms with E-state index in [2.05, 4.69) is 22.1 Å². The lowest BCUT2D eigenvalue weighted by molar-refractivity contribution is 0.602. The summed E-state index contributed by atoms with van der Waals surface area (Å²) in [5.74, 6) is 2.44. The Morgan fingerprint density at radius 1 is 1.47 bits per heavy atom. The lowest BCUT2D eigenvalue weighted by Crippen LogP contribution is -2.11. The zero-order valence-electron chi connectivity index (χ0n) is 9.37. The van der Waals surface area contributed by atoms with Crippen molar-refractivity contribution >= 4 is 0 Å². The van der Waals surface area contributed by atoms with Crippen LogP contribution in [0.1, 0.15) is 69.1 Å². The quantitative estimate of drug-likeness (QED) is 0.797. The van der Waals surface area contributed by atoms with Gasteiger partial charge in [-0.25, -0.2) is 4.98 Å². The molecule has 1 heterocycles. The normalized spacial score (nSPS) is 19.6. The van der Waals surface area contributed by atoms with Gasteiger partial charge in [0.2, 0.25) is 0 Å². The second-order valence-electron chi connectivity index (χ2n) is 4.46. The molecule has 0 saturated heterocycles. The molecule has 0 bridgehead atoms. The fraction of sp³-hybridized carbons (Fsp3) is 0.818. The summed E-state index contributed by atoms with van der Waals surface area (Å²) in [5.41, 5.74) is 5.97. The van der Waals surface area contributed by atoms with E-state index in [1.54, 1.807) is 0 Å². The lowest BCUT2D eigenvalue weighted by Gasteiger charge is -2.04. The van der Waals surface area contributed by atoms with Crippen LogP contribution in [0.15, 0.2) is 0 Å². The largest absolute Gasteiger partial charge is 0.321 e. The van der Waals surface area contributed by atoms with Crippen molar-refractivity contribution in [2.75, 3.05) is 0 Å². The number of H-pyrrole nitrogens is 1. The number of aromatic amines is 1. The summed E-state index contributed by atoms with van der Waals surface area (Å²) < 4.78 is 0. The van der Waals surface area contributed by atoms with Crippen LogP contribution in [0.4, 0.5) is 0 Å². The number of aromatic nitrogens is 3. The van der Waals surface area contributed by atoms with Gasteiger partial charge >= 0.3 is 0 Å². The molecule has 0 amide bonds. The van der Waals surface area contributed by atoms with Crippen LogP contribution in [-0.4, -0.2) is 15.2 Å². The molecule has 1 saturated carbocycles. The summed E-state index contributed by atoms with van der Waals surface area (Å²) in [7, 11) is 0. The Kier molecular flexibility index (Phi) is 3.36. The highest BCUT2D eigenvalue weighted by Crippen LogP contribution is 2.32. The molecule has 1 aliphatic rings. The maximum atomic E-state index is 5.97. The molecule has 4 heteroatoms. The standard InChI is InChI=1S/C11H20N4/c1-2-5-9(12)11-13-10(14-15-11)8-6-3-4-7-8/h8-9H,2-7,12H2,1H3,(H,13,14,15)/t9-/m1/s1. The van der Waals surface area contributed by atoms with E-state index in [-0.39, 0.29) is 6.04 Å². The van der Waals surface area contributed by atoms with Crippen molar-refractivity contribution in [1.82, 2.24) is 15.2 Å². The van der Waals surface area contributed by atoms with E-state index in [1.165, 1.54) is 25.7 Å². The van der Waals surface area contributed by atoms with E-state index in [0.717, 1.165) is 24.5 Å². The van der Waals surface area contributed by atoms with E-state index >= 15 is 0 Å². The van der Waals surface area contributed by atoms with Crippen molar-refractivity contribution in [3.8, 4) is 0 Å². The number of nitrogens with one attached hydrogen (secondary N) is 1. The Morgan fingerprint density at radius 3 is 2.87 bits per heavy atom. The summed E-state index contributed by atoms with van der Waals surface area (Å²) in [5, 5.41) is 7.26. The van der Waals surface area contributed by atoms with Gasteiger partial charge in [0.25, 0.3) is 0 Å². The first kappa shape index (κ1) is 10.6. The van der Waals surface area contributed by atoms with Crippen LogP contribution in [0.25, 0.3) is 0 Å². The Balaban J connectivity index is 2.02. The van der Waals surface area contributed by atoms with Gasteiger partial charge in [0, 0.05) is 5.92 Å². The fourth-order valence-electron chi connectivity index (χ4n) is 2.28. The van der Waals surface area contributed by atoms with Gasteiger partial charge in [-0.05, 0) is 19.3 Å². The highest BCUT2D eigenvalue weighted by atomic mass is 15.2. The molecular weight excluding hydrogens is 188 g/mol. The average Bonchev–Trinajstić information content (AvgIpc) is 2.89. The number of nitrogens with zero attached hydrogens (tertiary/aromatic N) is 2. The predicted octanol–water partition coefficient (Wildman–Crippen LogP) is 2.26. The molecule has 1 aliphatic carbocycles. The molecular formula is C11H20N4. The maximum absolute atomic E-state index is 5.97. The fourth-order valence-corrected chi connectivity index (χ4v) is 2.28. The van der Waals surface area contributed by atoms with E-state index in [1.807, 2.05) is 0 Å². The number of rotatable bonds is 4. The van der Waals surface area contributed by atoms with E-state index in [4.69, 9.17) is 5.73 Å². The van der Waals surface area contributed by atoms with E-state index in [9.17, 15) is 0 Å². The zero-order chi connectivity index (χ0) is 10.7. The first-order valence-electron chi connectivity index (χ1n) is 5.99. The van der Waals surface area contributed by atoms with Crippen molar-refractivity contribution in [3.63, 3.8) is 0 Å². The molecule has 1 aromatic rings. The van der Waals surface area contributed by atoms with Crippen LogP contribution in [0.3, 0.4) is 0 Å². The molecule has 15 heavy (non-hydrogen) atoms. The molecule has 0 aromatic carbocycles. The molecule has 1 fully saturated rings. The SMILES string of the molecule is CCC[C@@H](N)c1n[nH]c(C2CCCC2)n1. The maximum Gasteiger partial charge on any atom is 0.167 e. The highest BCUT2D eigenvalue weighted by molar-refractivity contribution is 5.02. The summed E-state index contributed by atoms with van der Waals surface area (Å²) in [6, 6.07) is 0.00130. The first-order chi connectivity index (χ1) is 7.31. The van der Waals surface area contributed by atoms with Crippen molar-refractivity contribution in [1.29, 1.82) is 0 Å². The third kappa shape index (κ3) is 2.37. The third-order valence-electron chi connectivity index (χ3n) is 3.19. The van der Waals surface area contributed by atoms with Gasteiger partial charge in [-0.2, -0.15) is 5.10 Å². The minimum atomic E-state index is 0.00130. The summed E-state index contributed by atoms with van der Waals surface area (Å²) in [6.45, 7) is 2.13. The van der Waals surface area contributed by atoms with Gasteiger partial charge in [-0.15, -0.1) is 0 Å². The summed E-state index contributed by atoms with van der Waals surface area (Å²) in [6.07, 6.45) is 7.18. The molecule has 4 nitrogen and oxygen atoms in total. The minimum absolute atomic E-state index is 0.00130. The average molecular weight is 208 g/mol. The van der Waals surface area contributed by atoms with Crippen molar-refractivity contribution in [2.24, 2.45) is 5.73 Å². The van der Waals surface area contributed by atoms with Crippen LogP contribution < -0.4 is 5.73 Å². The smallest absolute Gasteiger partial charge is 0.167 e.